The number of morpholine rings is 1. The van der Waals surface area contributed by atoms with Crippen molar-refractivity contribution in [3.8, 4) is 11.5 Å². The van der Waals surface area contributed by atoms with Gasteiger partial charge >= 0.3 is 0 Å². The number of carbonyl (C=O) groups excluding carboxylic acids is 1. The van der Waals surface area contributed by atoms with Gasteiger partial charge in [0.1, 0.15) is 11.5 Å². The first-order chi connectivity index (χ1) is 17.0. The lowest BCUT2D eigenvalue weighted by Crippen LogP contribution is -2.38. The third kappa shape index (κ3) is 8.09. The highest BCUT2D eigenvalue weighted by Gasteiger charge is 2.17. The molecule has 1 heterocycles. The van der Waals surface area contributed by atoms with E-state index in [9.17, 15) is 4.79 Å². The van der Waals surface area contributed by atoms with Gasteiger partial charge in [0.15, 0.2) is 5.11 Å². The molecule has 0 saturated carbocycles. The van der Waals surface area contributed by atoms with E-state index in [0.717, 1.165) is 51.4 Å². The number of hydrogen-bond acceptors (Lipinski definition) is 6. The average Bonchev–Trinajstić information content (AvgIpc) is 2.85. The molecule has 0 spiro atoms. The quantitative estimate of drug-likeness (QED) is 0.315. The van der Waals surface area contributed by atoms with Crippen molar-refractivity contribution in [2.24, 2.45) is 0 Å². The van der Waals surface area contributed by atoms with Gasteiger partial charge in [-0.25, -0.2) is 0 Å². The van der Waals surface area contributed by atoms with Crippen LogP contribution in [0.5, 0.6) is 11.5 Å². The van der Waals surface area contributed by atoms with E-state index in [-0.39, 0.29) is 5.91 Å². The van der Waals surface area contributed by atoms with Gasteiger partial charge < -0.3 is 30.2 Å². The summed E-state index contributed by atoms with van der Waals surface area (Å²) in [5, 5.41) is 9.96. The standard InChI is InChI=1S/C26H36N4O4S/c1-4-33-23-18-22(29-26(35)27-11-8-12-30-13-15-32-16-14-30)24(34-5-2)17-21(23)28-25(31)20-10-7-6-9-19(20)3/h6-7,9-10,17-18H,4-5,8,11-16H2,1-3H3,(H,28,31)(H2,27,29,35). The summed E-state index contributed by atoms with van der Waals surface area (Å²) < 4.78 is 17.1. The lowest BCUT2D eigenvalue weighted by atomic mass is 10.1. The minimum absolute atomic E-state index is 0.204. The fourth-order valence-corrected chi connectivity index (χ4v) is 4.03. The van der Waals surface area contributed by atoms with Crippen molar-refractivity contribution in [1.82, 2.24) is 10.2 Å². The molecule has 0 aromatic heterocycles. The second-order valence-corrected chi connectivity index (χ2v) is 8.58. The van der Waals surface area contributed by atoms with Crippen molar-refractivity contribution >= 4 is 34.6 Å². The minimum Gasteiger partial charge on any atom is -0.492 e. The predicted octanol–water partition coefficient (Wildman–Crippen LogP) is 4.05. The Hall–Kier alpha value is -2.88. The predicted molar refractivity (Wildman–Crippen MR) is 144 cm³/mol. The van der Waals surface area contributed by atoms with Crippen molar-refractivity contribution in [2.75, 3.05) is 63.2 Å². The SMILES string of the molecule is CCOc1cc(NC(=S)NCCCN2CCOCC2)c(OCC)cc1NC(=O)c1ccccc1C. The molecule has 1 aliphatic heterocycles. The first-order valence-electron chi connectivity index (χ1n) is 12.2. The number of hydrogen-bond donors (Lipinski definition) is 3. The maximum atomic E-state index is 12.9. The fraction of sp³-hybridized carbons (Fsp3) is 0.462. The summed E-state index contributed by atoms with van der Waals surface area (Å²) in [7, 11) is 0. The Labute approximate surface area is 213 Å². The maximum Gasteiger partial charge on any atom is 0.256 e. The monoisotopic (exact) mass is 500 g/mol. The van der Waals surface area contributed by atoms with Crippen LogP contribution in [0.2, 0.25) is 0 Å². The summed E-state index contributed by atoms with van der Waals surface area (Å²) in [5.41, 5.74) is 2.72. The third-order valence-electron chi connectivity index (χ3n) is 5.61. The van der Waals surface area contributed by atoms with Crippen LogP contribution in [-0.4, -0.2) is 68.5 Å². The van der Waals surface area contributed by atoms with E-state index in [4.69, 9.17) is 26.4 Å². The normalized spacial score (nSPS) is 13.7. The molecule has 0 bridgehead atoms. The molecule has 0 aliphatic carbocycles. The molecule has 0 atom stereocenters. The number of amides is 1. The van der Waals surface area contributed by atoms with E-state index in [1.165, 1.54) is 0 Å². The van der Waals surface area contributed by atoms with Crippen LogP contribution < -0.4 is 25.4 Å². The second-order valence-electron chi connectivity index (χ2n) is 8.17. The Morgan fingerprint density at radius 2 is 1.66 bits per heavy atom. The zero-order chi connectivity index (χ0) is 25.0. The van der Waals surface area contributed by atoms with Gasteiger partial charge in [0.05, 0.1) is 37.8 Å². The molecule has 2 aromatic carbocycles. The Morgan fingerprint density at radius 3 is 2.29 bits per heavy atom. The summed E-state index contributed by atoms with van der Waals surface area (Å²) >= 11 is 5.52. The number of nitrogens with one attached hydrogen (secondary N) is 3. The maximum absolute atomic E-state index is 12.9. The Kier molecular flexibility index (Phi) is 10.6. The highest BCUT2D eigenvalue weighted by atomic mass is 32.1. The van der Waals surface area contributed by atoms with Gasteiger partial charge in [-0.3, -0.25) is 9.69 Å². The van der Waals surface area contributed by atoms with Crippen LogP contribution in [0.1, 0.15) is 36.2 Å². The average molecular weight is 501 g/mol. The Balaban J connectivity index is 1.67. The van der Waals surface area contributed by atoms with Crippen molar-refractivity contribution in [1.29, 1.82) is 0 Å². The molecular weight excluding hydrogens is 464 g/mol. The molecule has 0 radical (unpaired) electrons. The largest absolute Gasteiger partial charge is 0.492 e. The molecule has 1 aliphatic rings. The van der Waals surface area contributed by atoms with Crippen LogP contribution in [0.25, 0.3) is 0 Å². The van der Waals surface area contributed by atoms with Crippen LogP contribution in [0, 0.1) is 6.92 Å². The van der Waals surface area contributed by atoms with E-state index in [1.807, 2.05) is 45.0 Å². The number of thiocarbonyl (C=S) groups is 1. The van der Waals surface area contributed by atoms with Gasteiger partial charge in [-0.15, -0.1) is 0 Å². The lowest BCUT2D eigenvalue weighted by molar-refractivity contribution is 0.0376. The third-order valence-corrected chi connectivity index (χ3v) is 5.85. The van der Waals surface area contributed by atoms with Crippen molar-refractivity contribution in [3.63, 3.8) is 0 Å². The smallest absolute Gasteiger partial charge is 0.256 e. The topological polar surface area (TPSA) is 84.1 Å². The number of rotatable bonds is 11. The summed E-state index contributed by atoms with van der Waals surface area (Å²) in [6.07, 6.45) is 0.980. The number of anilines is 2. The summed E-state index contributed by atoms with van der Waals surface area (Å²) in [6, 6.07) is 11.0. The summed E-state index contributed by atoms with van der Waals surface area (Å²) in [6.45, 7) is 12.0. The van der Waals surface area contributed by atoms with E-state index in [2.05, 4.69) is 20.9 Å². The first kappa shape index (κ1) is 26.7. The number of aryl methyl sites for hydroxylation is 1. The van der Waals surface area contributed by atoms with E-state index >= 15 is 0 Å². The van der Waals surface area contributed by atoms with Gasteiger partial charge in [-0.2, -0.15) is 0 Å². The van der Waals surface area contributed by atoms with Gasteiger partial charge in [0.2, 0.25) is 0 Å². The van der Waals surface area contributed by atoms with Crippen molar-refractivity contribution in [2.45, 2.75) is 27.2 Å². The van der Waals surface area contributed by atoms with Gasteiger partial charge in [-0.05, 0) is 57.6 Å². The van der Waals surface area contributed by atoms with Gasteiger partial charge in [0, 0.05) is 37.3 Å². The molecule has 9 heteroatoms. The fourth-order valence-electron chi connectivity index (χ4n) is 3.82. The van der Waals surface area contributed by atoms with E-state index in [1.54, 1.807) is 12.1 Å². The number of carbonyl (C=O) groups is 1. The minimum atomic E-state index is -0.204. The Bertz CT molecular complexity index is 995. The van der Waals surface area contributed by atoms with Crippen LogP contribution in [-0.2, 0) is 4.74 Å². The zero-order valence-electron chi connectivity index (χ0n) is 20.8. The van der Waals surface area contributed by atoms with Crippen LogP contribution in [0.15, 0.2) is 36.4 Å². The summed E-state index contributed by atoms with van der Waals surface area (Å²) in [5.74, 6) is 0.911. The zero-order valence-corrected chi connectivity index (χ0v) is 21.6. The van der Waals surface area contributed by atoms with Crippen molar-refractivity contribution < 1.29 is 19.0 Å². The molecule has 1 fully saturated rings. The molecule has 1 saturated heterocycles. The molecule has 190 valence electrons. The molecule has 0 unspecified atom stereocenters. The molecular formula is C26H36N4O4S. The highest BCUT2D eigenvalue weighted by Crippen LogP contribution is 2.37. The molecule has 3 N–H and O–H groups in total. The van der Waals surface area contributed by atoms with Crippen LogP contribution in [0.3, 0.4) is 0 Å². The number of benzene rings is 2. The van der Waals surface area contributed by atoms with Crippen molar-refractivity contribution in [3.05, 3.63) is 47.5 Å². The summed E-state index contributed by atoms with van der Waals surface area (Å²) in [4.78, 5) is 15.3. The number of nitrogens with zero attached hydrogens (tertiary/aromatic N) is 1. The molecule has 3 rings (SSSR count). The van der Waals surface area contributed by atoms with Gasteiger partial charge in [0.25, 0.3) is 5.91 Å². The molecule has 8 nitrogen and oxygen atoms in total. The van der Waals surface area contributed by atoms with Crippen LogP contribution >= 0.6 is 12.2 Å². The number of ether oxygens (including phenoxy) is 3. The van der Waals surface area contributed by atoms with Gasteiger partial charge in [-0.1, -0.05) is 18.2 Å². The van der Waals surface area contributed by atoms with E-state index in [0.29, 0.717) is 46.8 Å². The molecule has 1 amide bonds. The highest BCUT2D eigenvalue weighted by molar-refractivity contribution is 7.80. The first-order valence-corrected chi connectivity index (χ1v) is 12.6. The molecule has 35 heavy (non-hydrogen) atoms. The Morgan fingerprint density at radius 1 is 1.03 bits per heavy atom. The van der Waals surface area contributed by atoms with Crippen LogP contribution in [0.4, 0.5) is 11.4 Å². The lowest BCUT2D eigenvalue weighted by Gasteiger charge is -2.26. The second kappa shape index (κ2) is 13.9. The van der Waals surface area contributed by atoms with E-state index < -0.39 is 0 Å². The molecule has 2 aromatic rings.